The number of hydrogen-bond donors (Lipinski definition) is 0. The maximum atomic E-state index is 12.4. The van der Waals surface area contributed by atoms with Crippen molar-refractivity contribution in [2.24, 2.45) is 0 Å². The Kier molecular flexibility index (Phi) is 4.45. The first kappa shape index (κ1) is 15.1. The summed E-state index contributed by atoms with van der Waals surface area (Å²) in [5.41, 5.74) is 1.08. The maximum Gasteiger partial charge on any atom is 0.243 e. The largest absolute Gasteiger partial charge is 0.489 e. The number of hydrogen-bond acceptors (Lipinski definition) is 3. The molecule has 0 unspecified atom stereocenters. The molecule has 3 rings (SSSR count). The van der Waals surface area contributed by atoms with Gasteiger partial charge in [0.05, 0.1) is 4.90 Å². The lowest BCUT2D eigenvalue weighted by Gasteiger charge is -2.15. The molecule has 4 nitrogen and oxygen atoms in total. The summed E-state index contributed by atoms with van der Waals surface area (Å²) >= 11 is 0. The molecule has 1 fully saturated rings. The average Bonchev–Trinajstić information content (AvgIpc) is 3.10. The second-order valence-corrected chi connectivity index (χ2v) is 7.29. The zero-order valence-electron chi connectivity index (χ0n) is 12.3. The molecule has 116 valence electrons. The molecule has 1 heterocycles. The van der Waals surface area contributed by atoms with Crippen LogP contribution in [0.15, 0.2) is 59.5 Å². The van der Waals surface area contributed by atoms with E-state index in [9.17, 15) is 8.42 Å². The van der Waals surface area contributed by atoms with Gasteiger partial charge in [0.1, 0.15) is 12.4 Å². The molecule has 1 saturated heterocycles. The number of nitrogens with zero attached hydrogens (tertiary/aromatic N) is 1. The molecule has 0 saturated carbocycles. The van der Waals surface area contributed by atoms with E-state index in [2.05, 4.69) is 0 Å². The third kappa shape index (κ3) is 3.31. The Morgan fingerprint density at radius 3 is 2.18 bits per heavy atom. The van der Waals surface area contributed by atoms with Crippen molar-refractivity contribution in [1.29, 1.82) is 0 Å². The summed E-state index contributed by atoms with van der Waals surface area (Å²) in [5.74, 6) is 0.671. The van der Waals surface area contributed by atoms with Gasteiger partial charge < -0.3 is 4.74 Å². The molecule has 1 aliphatic heterocycles. The fourth-order valence-electron chi connectivity index (χ4n) is 2.53. The predicted octanol–water partition coefficient (Wildman–Crippen LogP) is 3.05. The van der Waals surface area contributed by atoms with Crippen LogP contribution in [0.5, 0.6) is 5.75 Å². The Bertz CT molecular complexity index is 705. The Hall–Kier alpha value is -1.85. The van der Waals surface area contributed by atoms with Crippen molar-refractivity contribution in [3.05, 3.63) is 60.2 Å². The van der Waals surface area contributed by atoms with Crippen LogP contribution in [0.1, 0.15) is 18.4 Å². The Morgan fingerprint density at radius 2 is 1.55 bits per heavy atom. The van der Waals surface area contributed by atoms with Crippen LogP contribution in [-0.2, 0) is 16.6 Å². The van der Waals surface area contributed by atoms with Gasteiger partial charge in [-0.25, -0.2) is 8.42 Å². The summed E-state index contributed by atoms with van der Waals surface area (Å²) in [5, 5.41) is 0. The van der Waals surface area contributed by atoms with E-state index in [0.717, 1.165) is 18.4 Å². The van der Waals surface area contributed by atoms with Crippen LogP contribution < -0.4 is 4.74 Å². The van der Waals surface area contributed by atoms with Crippen LogP contribution in [0.4, 0.5) is 0 Å². The lowest BCUT2D eigenvalue weighted by atomic mass is 10.2. The molecule has 0 aromatic heterocycles. The van der Waals surface area contributed by atoms with Crippen molar-refractivity contribution < 1.29 is 13.2 Å². The third-order valence-electron chi connectivity index (χ3n) is 3.77. The highest BCUT2D eigenvalue weighted by molar-refractivity contribution is 7.89. The van der Waals surface area contributed by atoms with E-state index in [4.69, 9.17) is 4.74 Å². The number of rotatable bonds is 5. The topological polar surface area (TPSA) is 46.6 Å². The average molecular weight is 317 g/mol. The van der Waals surface area contributed by atoms with Gasteiger partial charge in [0.25, 0.3) is 0 Å². The van der Waals surface area contributed by atoms with Crippen LogP contribution in [0.25, 0.3) is 0 Å². The molecule has 22 heavy (non-hydrogen) atoms. The van der Waals surface area contributed by atoms with Gasteiger partial charge in [0.2, 0.25) is 10.0 Å². The molecule has 1 aliphatic rings. The van der Waals surface area contributed by atoms with E-state index in [1.54, 1.807) is 28.6 Å². The summed E-state index contributed by atoms with van der Waals surface area (Å²) in [6, 6.07) is 16.5. The highest BCUT2D eigenvalue weighted by atomic mass is 32.2. The first-order chi connectivity index (χ1) is 10.7. The normalized spacial score (nSPS) is 15.8. The third-order valence-corrected chi connectivity index (χ3v) is 5.69. The fraction of sp³-hybridized carbons (Fsp3) is 0.294. The quantitative estimate of drug-likeness (QED) is 0.851. The van der Waals surface area contributed by atoms with Gasteiger partial charge in [0, 0.05) is 13.1 Å². The molecular formula is C17H19NO3S. The van der Waals surface area contributed by atoms with E-state index in [1.807, 2.05) is 30.3 Å². The molecule has 0 N–H and O–H groups in total. The second kappa shape index (κ2) is 6.50. The minimum atomic E-state index is -3.34. The summed E-state index contributed by atoms with van der Waals surface area (Å²) in [4.78, 5) is 0.335. The predicted molar refractivity (Wildman–Crippen MR) is 85.2 cm³/mol. The summed E-state index contributed by atoms with van der Waals surface area (Å²) in [7, 11) is -3.34. The number of sulfonamides is 1. The molecule has 0 bridgehead atoms. The van der Waals surface area contributed by atoms with Crippen LogP contribution in [0, 0.1) is 0 Å². The second-order valence-electron chi connectivity index (χ2n) is 5.36. The smallest absolute Gasteiger partial charge is 0.243 e. The Labute approximate surface area is 131 Å². The first-order valence-electron chi connectivity index (χ1n) is 7.43. The van der Waals surface area contributed by atoms with E-state index in [0.29, 0.717) is 30.3 Å². The lowest BCUT2D eigenvalue weighted by molar-refractivity contribution is 0.306. The molecule has 2 aromatic carbocycles. The summed E-state index contributed by atoms with van der Waals surface area (Å²) < 4.78 is 32.0. The van der Waals surface area contributed by atoms with Crippen LogP contribution in [0.2, 0.25) is 0 Å². The van der Waals surface area contributed by atoms with Gasteiger partial charge in [0.15, 0.2) is 0 Å². The zero-order chi connectivity index (χ0) is 15.4. The van der Waals surface area contributed by atoms with Crippen LogP contribution in [-0.4, -0.2) is 25.8 Å². The van der Waals surface area contributed by atoms with E-state index in [-0.39, 0.29) is 0 Å². The van der Waals surface area contributed by atoms with Crippen molar-refractivity contribution in [3.8, 4) is 5.75 Å². The monoisotopic (exact) mass is 317 g/mol. The van der Waals surface area contributed by atoms with E-state index < -0.39 is 10.0 Å². The highest BCUT2D eigenvalue weighted by Crippen LogP contribution is 2.23. The first-order valence-corrected chi connectivity index (χ1v) is 8.87. The summed E-state index contributed by atoms with van der Waals surface area (Å²) in [6.45, 7) is 1.71. The van der Waals surface area contributed by atoms with Gasteiger partial charge in [-0.2, -0.15) is 4.31 Å². The Morgan fingerprint density at radius 1 is 0.909 bits per heavy atom. The maximum absolute atomic E-state index is 12.4. The van der Waals surface area contributed by atoms with Gasteiger partial charge >= 0.3 is 0 Å². The van der Waals surface area contributed by atoms with Crippen molar-refractivity contribution in [2.45, 2.75) is 24.3 Å². The van der Waals surface area contributed by atoms with Crippen molar-refractivity contribution in [2.75, 3.05) is 13.1 Å². The molecule has 0 amide bonds. The Balaban J connectivity index is 1.67. The lowest BCUT2D eigenvalue weighted by Crippen LogP contribution is -2.27. The number of ether oxygens (including phenoxy) is 1. The van der Waals surface area contributed by atoms with Gasteiger partial charge in [-0.15, -0.1) is 0 Å². The number of benzene rings is 2. The molecule has 0 atom stereocenters. The molecule has 2 aromatic rings. The van der Waals surface area contributed by atoms with Gasteiger partial charge in [-0.05, 0) is 42.7 Å². The van der Waals surface area contributed by atoms with Gasteiger partial charge in [-0.3, -0.25) is 0 Å². The van der Waals surface area contributed by atoms with E-state index in [1.165, 1.54) is 0 Å². The molecular weight excluding hydrogens is 298 g/mol. The summed E-state index contributed by atoms with van der Waals surface area (Å²) in [6.07, 6.45) is 1.88. The van der Waals surface area contributed by atoms with E-state index >= 15 is 0 Å². The highest BCUT2D eigenvalue weighted by Gasteiger charge is 2.26. The fourth-order valence-corrected chi connectivity index (χ4v) is 4.04. The molecule has 0 aliphatic carbocycles. The van der Waals surface area contributed by atoms with Gasteiger partial charge in [-0.1, -0.05) is 30.3 Å². The minimum absolute atomic E-state index is 0.335. The molecule has 0 spiro atoms. The van der Waals surface area contributed by atoms with Crippen molar-refractivity contribution >= 4 is 10.0 Å². The molecule has 0 radical (unpaired) electrons. The van der Waals surface area contributed by atoms with Crippen LogP contribution in [0.3, 0.4) is 0 Å². The SMILES string of the molecule is O=S(=O)(c1ccc(OCc2ccccc2)cc1)N1CCCC1. The van der Waals surface area contributed by atoms with Crippen molar-refractivity contribution in [1.82, 2.24) is 4.31 Å². The minimum Gasteiger partial charge on any atom is -0.489 e. The van der Waals surface area contributed by atoms with Crippen molar-refractivity contribution in [3.63, 3.8) is 0 Å². The standard InChI is InChI=1S/C17H19NO3S/c19-22(20,18-12-4-5-13-18)17-10-8-16(9-11-17)21-14-15-6-2-1-3-7-15/h1-3,6-11H,4-5,12-14H2. The van der Waals surface area contributed by atoms with Crippen LogP contribution >= 0.6 is 0 Å². The zero-order valence-corrected chi connectivity index (χ0v) is 13.1. The molecule has 5 heteroatoms.